The van der Waals surface area contributed by atoms with Crippen molar-refractivity contribution in [3.8, 4) is 0 Å². The van der Waals surface area contributed by atoms with Crippen molar-refractivity contribution in [1.29, 1.82) is 0 Å². The average molecular weight is 178 g/mol. The molecule has 0 unspecified atom stereocenters. The molecule has 0 amide bonds. The van der Waals surface area contributed by atoms with Crippen LogP contribution in [0.4, 0.5) is 4.39 Å². The summed E-state index contributed by atoms with van der Waals surface area (Å²) < 4.78 is 10.3. The maximum absolute atomic E-state index is 12.6. The molecule has 0 bridgehead atoms. The fourth-order valence-electron chi connectivity index (χ4n) is 0.570. The molecule has 0 N–H and O–H groups in total. The van der Waals surface area contributed by atoms with Crippen molar-refractivity contribution < 1.29 is 4.39 Å². The summed E-state index contributed by atoms with van der Waals surface area (Å²) in [5.41, 5.74) is 0.137. The molecule has 0 spiro atoms. The number of alkyl halides is 3. The lowest BCUT2D eigenvalue weighted by Crippen LogP contribution is -2.00. The number of hydrogen-bond acceptors (Lipinski definition) is 0. The number of halogens is 3. The van der Waals surface area contributed by atoms with E-state index < -0.39 is 4.59 Å². The van der Waals surface area contributed by atoms with Crippen LogP contribution in [0.5, 0.6) is 0 Å². The molecule has 3 heteroatoms. The summed E-state index contributed by atoms with van der Waals surface area (Å²) in [4.78, 5) is 0. The minimum atomic E-state index is -2.32. The van der Waals surface area contributed by atoms with Gasteiger partial charge in [0.15, 0.2) is 0 Å². The van der Waals surface area contributed by atoms with E-state index in [1.165, 1.54) is 6.07 Å². The molecule has 1 radical (unpaired) electrons. The highest BCUT2D eigenvalue weighted by molar-refractivity contribution is 6.46. The monoisotopic (exact) mass is 177 g/mol. The Morgan fingerprint density at radius 2 is 2.10 bits per heavy atom. The van der Waals surface area contributed by atoms with Gasteiger partial charge < -0.3 is 0 Å². The molecule has 0 fully saturated rings. The number of benzene rings is 1. The molecule has 1 aromatic carbocycles. The van der Waals surface area contributed by atoms with Crippen molar-refractivity contribution in [2.45, 2.75) is 4.59 Å². The van der Waals surface area contributed by atoms with E-state index in [2.05, 4.69) is 6.07 Å². The fraction of sp³-hybridized carbons (Fsp3) is 0.143. The Hall–Kier alpha value is -0.270. The van der Waals surface area contributed by atoms with Gasteiger partial charge in [0, 0.05) is 5.56 Å². The first-order chi connectivity index (χ1) is 4.61. The molecular formula is C7H4Cl2F. The Kier molecular flexibility index (Phi) is 2.17. The summed E-state index contributed by atoms with van der Waals surface area (Å²) in [5.74, 6) is 0. The zero-order valence-electron chi connectivity index (χ0n) is 4.94. The Morgan fingerprint density at radius 3 is 2.40 bits per heavy atom. The minimum absolute atomic E-state index is 0.137. The average Bonchev–Trinajstić information content (AvgIpc) is 1.88. The summed E-state index contributed by atoms with van der Waals surface area (Å²) >= 11 is 10.3. The van der Waals surface area contributed by atoms with Gasteiger partial charge in [-0.15, -0.1) is 0 Å². The van der Waals surface area contributed by atoms with Crippen LogP contribution in [0, 0.1) is 6.07 Å². The molecule has 1 aromatic rings. The first kappa shape index (κ1) is 7.83. The van der Waals surface area contributed by atoms with Crippen molar-refractivity contribution in [1.82, 2.24) is 0 Å². The van der Waals surface area contributed by atoms with E-state index in [0.717, 1.165) is 0 Å². The van der Waals surface area contributed by atoms with Crippen LogP contribution in [-0.4, -0.2) is 0 Å². The van der Waals surface area contributed by atoms with E-state index in [0.29, 0.717) is 0 Å². The Labute approximate surface area is 68.6 Å². The summed E-state index contributed by atoms with van der Waals surface area (Å²) in [6, 6.07) is 8.95. The van der Waals surface area contributed by atoms with Gasteiger partial charge >= 0.3 is 0 Å². The van der Waals surface area contributed by atoms with Crippen molar-refractivity contribution in [2.24, 2.45) is 0 Å². The summed E-state index contributed by atoms with van der Waals surface area (Å²) in [6.07, 6.45) is 0. The van der Waals surface area contributed by atoms with Gasteiger partial charge in [-0.3, -0.25) is 0 Å². The van der Waals surface area contributed by atoms with Crippen molar-refractivity contribution >= 4 is 23.2 Å². The largest absolute Gasteiger partial charge is 0.283 e. The predicted molar refractivity (Wildman–Crippen MR) is 39.8 cm³/mol. The van der Waals surface area contributed by atoms with Gasteiger partial charge in [0.05, 0.1) is 0 Å². The molecule has 0 aliphatic heterocycles. The Balaban J connectivity index is 2.97. The highest BCUT2D eigenvalue weighted by atomic mass is 35.5. The second kappa shape index (κ2) is 2.77. The van der Waals surface area contributed by atoms with Crippen molar-refractivity contribution in [3.05, 3.63) is 35.9 Å². The second-order valence-corrected chi connectivity index (χ2v) is 3.01. The van der Waals surface area contributed by atoms with Crippen LogP contribution in [0.2, 0.25) is 0 Å². The maximum Gasteiger partial charge on any atom is 0.283 e. The SMILES string of the molecule is FC(Cl)(Cl)c1[c]cccc1. The second-order valence-electron chi connectivity index (χ2n) is 1.77. The molecular weight excluding hydrogens is 174 g/mol. The van der Waals surface area contributed by atoms with Crippen LogP contribution in [0.15, 0.2) is 24.3 Å². The molecule has 0 aliphatic rings. The van der Waals surface area contributed by atoms with Crippen LogP contribution in [-0.2, 0) is 4.59 Å². The molecule has 0 saturated heterocycles. The Morgan fingerprint density at radius 1 is 1.40 bits per heavy atom. The number of rotatable bonds is 1. The van der Waals surface area contributed by atoms with Crippen molar-refractivity contribution in [3.63, 3.8) is 0 Å². The summed E-state index contributed by atoms with van der Waals surface area (Å²) in [6.45, 7) is 0. The first-order valence-electron chi connectivity index (χ1n) is 2.64. The highest BCUT2D eigenvalue weighted by Crippen LogP contribution is 2.34. The summed E-state index contributed by atoms with van der Waals surface area (Å²) in [5, 5.41) is 0. The molecule has 0 aliphatic carbocycles. The highest BCUT2D eigenvalue weighted by Gasteiger charge is 2.24. The van der Waals surface area contributed by atoms with E-state index in [9.17, 15) is 4.39 Å². The van der Waals surface area contributed by atoms with Gasteiger partial charge in [0.2, 0.25) is 0 Å². The van der Waals surface area contributed by atoms with Crippen LogP contribution in [0.1, 0.15) is 5.56 Å². The number of hydrogen-bond donors (Lipinski definition) is 0. The van der Waals surface area contributed by atoms with E-state index in [4.69, 9.17) is 23.2 Å². The van der Waals surface area contributed by atoms with Gasteiger partial charge in [0.1, 0.15) is 0 Å². The molecule has 0 saturated carbocycles. The zero-order valence-corrected chi connectivity index (χ0v) is 6.46. The van der Waals surface area contributed by atoms with Crippen LogP contribution in [0.3, 0.4) is 0 Å². The van der Waals surface area contributed by atoms with Gasteiger partial charge in [-0.1, -0.05) is 47.5 Å². The quantitative estimate of drug-likeness (QED) is 0.579. The first-order valence-corrected chi connectivity index (χ1v) is 3.40. The summed E-state index contributed by atoms with van der Waals surface area (Å²) in [7, 11) is 0. The van der Waals surface area contributed by atoms with Gasteiger partial charge in [-0.2, -0.15) is 0 Å². The topological polar surface area (TPSA) is 0 Å². The van der Waals surface area contributed by atoms with Crippen LogP contribution in [0.25, 0.3) is 0 Å². The fourth-order valence-corrected chi connectivity index (χ4v) is 0.805. The molecule has 53 valence electrons. The third kappa shape index (κ3) is 1.86. The van der Waals surface area contributed by atoms with Crippen LogP contribution >= 0.6 is 23.2 Å². The van der Waals surface area contributed by atoms with E-state index in [1.807, 2.05) is 0 Å². The van der Waals surface area contributed by atoms with E-state index >= 15 is 0 Å². The van der Waals surface area contributed by atoms with Crippen molar-refractivity contribution in [2.75, 3.05) is 0 Å². The lowest BCUT2D eigenvalue weighted by molar-refractivity contribution is 0.405. The zero-order chi connectivity index (χ0) is 7.61. The lowest BCUT2D eigenvalue weighted by atomic mass is 10.2. The normalized spacial score (nSPS) is 11.5. The molecule has 0 nitrogen and oxygen atoms in total. The Bertz CT molecular complexity index is 203. The predicted octanol–water partition coefficient (Wildman–Crippen LogP) is 3.04. The molecule has 0 aromatic heterocycles. The third-order valence-electron chi connectivity index (χ3n) is 1.01. The van der Waals surface area contributed by atoms with E-state index in [1.54, 1.807) is 18.2 Å². The smallest absolute Gasteiger partial charge is 0.203 e. The van der Waals surface area contributed by atoms with E-state index in [-0.39, 0.29) is 5.56 Å². The minimum Gasteiger partial charge on any atom is -0.203 e. The standard InChI is InChI=1S/C7H4Cl2F/c8-7(9,10)6-4-2-1-3-5-6/h1-4H. The van der Waals surface area contributed by atoms with Gasteiger partial charge in [-0.25, -0.2) is 4.39 Å². The molecule has 0 atom stereocenters. The maximum atomic E-state index is 12.6. The third-order valence-corrected chi connectivity index (χ3v) is 1.42. The van der Waals surface area contributed by atoms with Gasteiger partial charge in [0.25, 0.3) is 4.59 Å². The van der Waals surface area contributed by atoms with Crippen LogP contribution < -0.4 is 0 Å². The molecule has 10 heavy (non-hydrogen) atoms. The lowest BCUT2D eigenvalue weighted by Gasteiger charge is -2.06. The molecule has 0 heterocycles. The van der Waals surface area contributed by atoms with Gasteiger partial charge in [-0.05, 0) is 6.07 Å². The molecule has 1 rings (SSSR count).